The molecular weight excluding hydrogens is 190 g/mol. The molecule has 1 heterocycles. The van der Waals surface area contributed by atoms with Crippen molar-refractivity contribution in [2.75, 3.05) is 23.7 Å². The number of nitrogens with zero attached hydrogens (tertiary/aromatic N) is 2. The standard InChI is InChI=1S/C11H19N3O/c1-5-14(6-2)9-7-8(3)13(4)11(15)10(9)12/h7H,5-6,12H2,1-4H3. The summed E-state index contributed by atoms with van der Waals surface area (Å²) in [5.74, 6) is 0. The van der Waals surface area contributed by atoms with Gasteiger partial charge in [-0.25, -0.2) is 0 Å². The molecule has 84 valence electrons. The van der Waals surface area contributed by atoms with Crippen LogP contribution in [0, 0.1) is 6.92 Å². The summed E-state index contributed by atoms with van der Waals surface area (Å²) >= 11 is 0. The molecule has 2 N–H and O–H groups in total. The van der Waals surface area contributed by atoms with Gasteiger partial charge in [0.2, 0.25) is 0 Å². The highest BCUT2D eigenvalue weighted by Gasteiger charge is 2.11. The van der Waals surface area contributed by atoms with Crippen molar-refractivity contribution in [1.82, 2.24) is 4.57 Å². The molecule has 0 aliphatic rings. The maximum Gasteiger partial charge on any atom is 0.275 e. The zero-order chi connectivity index (χ0) is 11.6. The maximum atomic E-state index is 11.8. The molecule has 4 heteroatoms. The third-order valence-electron chi connectivity index (χ3n) is 2.79. The molecule has 0 amide bonds. The average molecular weight is 209 g/mol. The van der Waals surface area contributed by atoms with Gasteiger partial charge >= 0.3 is 0 Å². The van der Waals surface area contributed by atoms with E-state index in [1.54, 1.807) is 11.6 Å². The summed E-state index contributed by atoms with van der Waals surface area (Å²) in [4.78, 5) is 13.8. The van der Waals surface area contributed by atoms with Crippen LogP contribution in [-0.2, 0) is 7.05 Å². The maximum absolute atomic E-state index is 11.8. The Hall–Kier alpha value is -1.45. The van der Waals surface area contributed by atoms with Crippen LogP contribution in [0.1, 0.15) is 19.5 Å². The molecular formula is C11H19N3O. The topological polar surface area (TPSA) is 51.3 Å². The number of nitrogen functional groups attached to an aromatic ring is 1. The highest BCUT2D eigenvalue weighted by molar-refractivity contribution is 5.66. The number of aryl methyl sites for hydroxylation is 1. The van der Waals surface area contributed by atoms with Crippen LogP contribution in [-0.4, -0.2) is 17.7 Å². The summed E-state index contributed by atoms with van der Waals surface area (Å²) in [7, 11) is 1.74. The zero-order valence-corrected chi connectivity index (χ0v) is 9.87. The predicted octanol–water partition coefficient (Wildman–Crippen LogP) is 1.12. The van der Waals surface area contributed by atoms with Gasteiger partial charge in [0.25, 0.3) is 5.56 Å². The number of nitrogens with two attached hydrogens (primary N) is 1. The van der Waals surface area contributed by atoms with Gasteiger partial charge in [-0.1, -0.05) is 0 Å². The molecule has 0 saturated carbocycles. The number of anilines is 2. The first-order chi connectivity index (χ1) is 7.02. The van der Waals surface area contributed by atoms with Gasteiger partial charge in [-0.05, 0) is 26.8 Å². The second-order valence-electron chi connectivity index (χ2n) is 3.62. The first-order valence-electron chi connectivity index (χ1n) is 5.23. The van der Waals surface area contributed by atoms with E-state index in [1.807, 2.05) is 13.0 Å². The molecule has 0 spiro atoms. The van der Waals surface area contributed by atoms with Crippen molar-refractivity contribution >= 4 is 11.4 Å². The van der Waals surface area contributed by atoms with E-state index in [0.29, 0.717) is 5.69 Å². The molecule has 0 saturated heterocycles. The summed E-state index contributed by atoms with van der Waals surface area (Å²) in [6, 6.07) is 1.96. The molecule has 0 radical (unpaired) electrons. The molecule has 1 rings (SSSR count). The molecule has 0 fully saturated rings. The minimum absolute atomic E-state index is 0.114. The Kier molecular flexibility index (Phi) is 3.39. The molecule has 4 nitrogen and oxygen atoms in total. The fourth-order valence-electron chi connectivity index (χ4n) is 1.65. The minimum Gasteiger partial charge on any atom is -0.393 e. The lowest BCUT2D eigenvalue weighted by Crippen LogP contribution is -2.29. The van der Waals surface area contributed by atoms with Crippen LogP contribution in [0.2, 0.25) is 0 Å². The van der Waals surface area contributed by atoms with E-state index in [1.165, 1.54) is 0 Å². The molecule has 0 unspecified atom stereocenters. The molecule has 1 aromatic heterocycles. The average Bonchev–Trinajstić information content (AvgIpc) is 2.24. The third-order valence-corrected chi connectivity index (χ3v) is 2.79. The number of hydrogen-bond acceptors (Lipinski definition) is 3. The third kappa shape index (κ3) is 1.98. The van der Waals surface area contributed by atoms with Crippen LogP contribution in [0.3, 0.4) is 0 Å². The van der Waals surface area contributed by atoms with Gasteiger partial charge in [-0.15, -0.1) is 0 Å². The Morgan fingerprint density at radius 3 is 2.40 bits per heavy atom. The van der Waals surface area contributed by atoms with Crippen LogP contribution >= 0.6 is 0 Å². The Morgan fingerprint density at radius 1 is 1.40 bits per heavy atom. The van der Waals surface area contributed by atoms with Crippen molar-refractivity contribution in [3.63, 3.8) is 0 Å². The van der Waals surface area contributed by atoms with Crippen molar-refractivity contribution in [3.8, 4) is 0 Å². The van der Waals surface area contributed by atoms with Gasteiger partial charge in [0, 0.05) is 25.8 Å². The van der Waals surface area contributed by atoms with Crippen LogP contribution in [0.4, 0.5) is 11.4 Å². The van der Waals surface area contributed by atoms with Crippen LogP contribution in [0.25, 0.3) is 0 Å². The molecule has 0 aliphatic heterocycles. The van der Waals surface area contributed by atoms with E-state index in [2.05, 4.69) is 18.7 Å². The molecule has 1 aromatic rings. The van der Waals surface area contributed by atoms with Crippen LogP contribution < -0.4 is 16.2 Å². The molecule has 0 aromatic carbocycles. The quantitative estimate of drug-likeness (QED) is 0.811. The highest BCUT2D eigenvalue weighted by Crippen LogP contribution is 2.20. The van der Waals surface area contributed by atoms with Crippen molar-refractivity contribution in [3.05, 3.63) is 22.1 Å². The summed E-state index contributed by atoms with van der Waals surface area (Å²) < 4.78 is 1.57. The van der Waals surface area contributed by atoms with Crippen LogP contribution in [0.5, 0.6) is 0 Å². The summed E-state index contributed by atoms with van der Waals surface area (Å²) in [5, 5.41) is 0. The second-order valence-corrected chi connectivity index (χ2v) is 3.62. The SMILES string of the molecule is CCN(CC)c1cc(C)n(C)c(=O)c1N. The lowest BCUT2D eigenvalue weighted by atomic mass is 10.2. The predicted molar refractivity (Wildman–Crippen MR) is 64.4 cm³/mol. The number of aromatic nitrogens is 1. The molecule has 0 aliphatic carbocycles. The lowest BCUT2D eigenvalue weighted by molar-refractivity contribution is 0.806. The van der Waals surface area contributed by atoms with Gasteiger partial charge in [0.15, 0.2) is 0 Å². The van der Waals surface area contributed by atoms with Gasteiger partial charge in [-0.2, -0.15) is 0 Å². The Labute approximate surface area is 90.3 Å². The molecule has 0 bridgehead atoms. The first kappa shape index (κ1) is 11.6. The number of rotatable bonds is 3. The minimum atomic E-state index is -0.114. The van der Waals surface area contributed by atoms with Crippen LogP contribution in [0.15, 0.2) is 10.9 Å². The summed E-state index contributed by atoms with van der Waals surface area (Å²) in [6.45, 7) is 7.72. The van der Waals surface area contributed by atoms with E-state index in [0.717, 1.165) is 24.5 Å². The van der Waals surface area contributed by atoms with E-state index < -0.39 is 0 Å². The molecule has 0 atom stereocenters. The van der Waals surface area contributed by atoms with Gasteiger partial charge < -0.3 is 15.2 Å². The first-order valence-corrected chi connectivity index (χ1v) is 5.23. The monoisotopic (exact) mass is 209 g/mol. The largest absolute Gasteiger partial charge is 0.393 e. The Balaban J connectivity index is 3.37. The smallest absolute Gasteiger partial charge is 0.275 e. The van der Waals surface area contributed by atoms with Crippen molar-refractivity contribution < 1.29 is 0 Å². The fraction of sp³-hybridized carbons (Fsp3) is 0.545. The van der Waals surface area contributed by atoms with E-state index >= 15 is 0 Å². The normalized spacial score (nSPS) is 10.4. The van der Waals surface area contributed by atoms with Crippen molar-refractivity contribution in [2.24, 2.45) is 7.05 Å². The number of pyridine rings is 1. The second kappa shape index (κ2) is 4.38. The summed E-state index contributed by atoms with van der Waals surface area (Å²) in [6.07, 6.45) is 0. The number of hydrogen-bond donors (Lipinski definition) is 1. The fourth-order valence-corrected chi connectivity index (χ4v) is 1.65. The Morgan fingerprint density at radius 2 is 1.93 bits per heavy atom. The van der Waals surface area contributed by atoms with Gasteiger partial charge in [-0.3, -0.25) is 4.79 Å². The van der Waals surface area contributed by atoms with Gasteiger partial charge in [0.05, 0.1) is 5.69 Å². The lowest BCUT2D eigenvalue weighted by Gasteiger charge is -2.23. The van der Waals surface area contributed by atoms with E-state index in [9.17, 15) is 4.79 Å². The highest BCUT2D eigenvalue weighted by atomic mass is 16.1. The van der Waals surface area contributed by atoms with Crippen molar-refractivity contribution in [2.45, 2.75) is 20.8 Å². The van der Waals surface area contributed by atoms with Gasteiger partial charge in [0.1, 0.15) is 5.69 Å². The Bertz CT molecular complexity index is 405. The molecule has 15 heavy (non-hydrogen) atoms. The van der Waals surface area contributed by atoms with Crippen molar-refractivity contribution in [1.29, 1.82) is 0 Å². The summed E-state index contributed by atoms with van der Waals surface area (Å²) in [5.41, 5.74) is 7.83. The zero-order valence-electron chi connectivity index (χ0n) is 9.87. The van der Waals surface area contributed by atoms with E-state index in [-0.39, 0.29) is 5.56 Å². The van der Waals surface area contributed by atoms with E-state index in [4.69, 9.17) is 5.73 Å².